The largest absolute Gasteiger partial charge is 0.386 e. The Bertz CT molecular complexity index is 1830. The molecule has 2 saturated heterocycles. The summed E-state index contributed by atoms with van der Waals surface area (Å²) >= 11 is 0. The predicted octanol–water partition coefficient (Wildman–Crippen LogP) is 4.20. The minimum atomic E-state index is -1.76. The third-order valence-corrected chi connectivity index (χ3v) is 10.2. The van der Waals surface area contributed by atoms with Gasteiger partial charge in [-0.3, -0.25) is 4.79 Å². The van der Waals surface area contributed by atoms with Gasteiger partial charge < -0.3 is 20.2 Å². The van der Waals surface area contributed by atoms with Crippen LogP contribution in [0.25, 0.3) is 16.9 Å². The van der Waals surface area contributed by atoms with Gasteiger partial charge in [-0.15, -0.1) is 6.58 Å². The van der Waals surface area contributed by atoms with Gasteiger partial charge in [0.1, 0.15) is 11.5 Å². The van der Waals surface area contributed by atoms with Crippen molar-refractivity contribution in [3.05, 3.63) is 76.9 Å². The molecule has 10 heteroatoms. The van der Waals surface area contributed by atoms with Crippen LogP contribution >= 0.6 is 0 Å². The molecule has 3 aromatic heterocycles. The van der Waals surface area contributed by atoms with Gasteiger partial charge in [0.05, 0.1) is 13.6 Å². The van der Waals surface area contributed by atoms with Crippen LogP contribution in [0.2, 0.25) is 0 Å². The zero-order valence-corrected chi connectivity index (χ0v) is 24.6. The third-order valence-electron chi connectivity index (χ3n) is 10.2. The van der Waals surface area contributed by atoms with E-state index in [-0.39, 0.29) is 12.1 Å². The van der Waals surface area contributed by atoms with Crippen LogP contribution in [-0.4, -0.2) is 67.5 Å². The number of allylic oxidation sites excluding steroid dienone is 1. The van der Waals surface area contributed by atoms with Crippen molar-refractivity contribution in [1.29, 1.82) is 0 Å². The zero-order valence-electron chi connectivity index (χ0n) is 25.6. The number of nitrogens with zero attached hydrogens (tertiary/aromatic N) is 7. The fourth-order valence-electron chi connectivity index (χ4n) is 7.23. The summed E-state index contributed by atoms with van der Waals surface area (Å²) in [6.45, 7) is 8.66. The summed E-state index contributed by atoms with van der Waals surface area (Å²) in [5.74, 6) is 0.780. The Morgan fingerprint density at radius 2 is 1.86 bits per heavy atom. The molecule has 4 aliphatic rings. The number of likely N-dealkylation sites (tertiary alicyclic amines) is 1. The van der Waals surface area contributed by atoms with Crippen LogP contribution in [0.5, 0.6) is 0 Å². The lowest BCUT2D eigenvalue weighted by Crippen LogP contribution is -2.60. The number of piperidine rings is 1. The van der Waals surface area contributed by atoms with Crippen molar-refractivity contribution < 1.29 is 6.48 Å². The summed E-state index contributed by atoms with van der Waals surface area (Å²) < 4.78 is 12.0. The van der Waals surface area contributed by atoms with Crippen LogP contribution in [0.3, 0.4) is 0 Å². The normalized spacial score (nSPS) is 24.0. The van der Waals surface area contributed by atoms with E-state index in [1.807, 2.05) is 24.3 Å². The van der Waals surface area contributed by atoms with Gasteiger partial charge in [-0.1, -0.05) is 12.1 Å². The van der Waals surface area contributed by atoms with Crippen molar-refractivity contribution in [2.45, 2.75) is 51.1 Å². The highest BCUT2D eigenvalue weighted by atomic mass is 16.3. The lowest BCUT2D eigenvalue weighted by molar-refractivity contribution is 0.0734. The van der Waals surface area contributed by atoms with Crippen molar-refractivity contribution in [2.24, 2.45) is 10.8 Å². The van der Waals surface area contributed by atoms with Crippen LogP contribution in [0.4, 0.5) is 17.3 Å². The molecule has 5 heterocycles. The summed E-state index contributed by atoms with van der Waals surface area (Å²) in [4.78, 5) is 32.4. The van der Waals surface area contributed by atoms with Gasteiger partial charge in [-0.05, 0) is 94.6 Å². The Labute approximate surface area is 252 Å². The van der Waals surface area contributed by atoms with Gasteiger partial charge in [-0.25, -0.2) is 19.3 Å². The molecule has 0 bridgehead atoms. The Hall–Kier alpha value is -4.02. The minimum absolute atomic E-state index is 0.238. The zero-order chi connectivity index (χ0) is 30.3. The monoisotopic (exact) mass is 579 g/mol. The van der Waals surface area contributed by atoms with Crippen molar-refractivity contribution in [1.82, 2.24) is 29.2 Å². The van der Waals surface area contributed by atoms with Crippen molar-refractivity contribution in [2.75, 3.05) is 43.4 Å². The average Bonchev–Trinajstić information content (AvgIpc) is 3.76. The molecule has 2 spiro atoms. The second-order valence-electron chi connectivity index (χ2n) is 13.1. The molecule has 0 radical (unpaired) electrons. The van der Waals surface area contributed by atoms with Gasteiger partial charge in [0.2, 0.25) is 5.95 Å². The molecule has 2 N–H and O–H groups in total. The van der Waals surface area contributed by atoms with Crippen LogP contribution in [0.1, 0.15) is 50.8 Å². The van der Waals surface area contributed by atoms with E-state index in [0.29, 0.717) is 33.9 Å². The first-order valence-electron chi connectivity index (χ1n) is 15.8. The molecule has 2 aliphatic carbocycles. The highest BCUT2D eigenvalue weighted by molar-refractivity contribution is 5.77. The number of hydrogen-bond donors (Lipinski definition) is 2. The molecular weight excluding hydrogens is 540 g/mol. The van der Waals surface area contributed by atoms with Crippen LogP contribution in [-0.2, 0) is 13.0 Å². The SMILES string of the molecule is [2H]C1(O)c2nc(-n3c4nc(Nc5ccc(N6CC7(CCN(C)CC7)C6)cc5)ncc4c(=O)n3CC=C)ccc2CCC12CC2. The Morgan fingerprint density at radius 1 is 1.09 bits per heavy atom. The molecule has 1 unspecified atom stereocenters. The van der Waals surface area contributed by atoms with Gasteiger partial charge >= 0.3 is 0 Å². The number of aliphatic hydroxyl groups is 1. The van der Waals surface area contributed by atoms with Gasteiger partial charge in [0.15, 0.2) is 11.5 Å². The molecular formula is C33H38N8O2. The molecule has 8 rings (SSSR count). The first kappa shape index (κ1) is 25.5. The van der Waals surface area contributed by atoms with E-state index < -0.39 is 11.5 Å². The van der Waals surface area contributed by atoms with Crippen LogP contribution in [0.15, 0.2) is 60.0 Å². The fourth-order valence-corrected chi connectivity index (χ4v) is 7.23. The first-order chi connectivity index (χ1) is 21.2. The Kier molecular flexibility index (Phi) is 5.78. The molecule has 0 amide bonds. The van der Waals surface area contributed by atoms with E-state index in [2.05, 4.69) is 45.9 Å². The van der Waals surface area contributed by atoms with E-state index >= 15 is 0 Å². The standard InChI is InChI=1S/C33H38N8O2/c1-3-16-40-30(43)25-19-34-31(35-23-5-7-24(8-6-23)39-20-32(21-39)14-17-38(2)18-15-32)37-29(25)41(40)26-9-4-22-10-11-33(12-13-33)28(42)27(22)36-26/h3-9,19,28,42H,1,10-18,20-21H2,2H3,(H,34,35,37)/i28D. The molecule has 2 aliphatic heterocycles. The predicted molar refractivity (Wildman–Crippen MR) is 167 cm³/mol. The van der Waals surface area contributed by atoms with E-state index in [4.69, 9.17) is 11.3 Å². The van der Waals surface area contributed by atoms with Crippen LogP contribution in [0, 0.1) is 10.8 Å². The topological polar surface area (TPSA) is 104 Å². The summed E-state index contributed by atoms with van der Waals surface area (Å²) in [5.41, 5.74) is 3.49. The number of aromatic nitrogens is 5. The van der Waals surface area contributed by atoms with Crippen LogP contribution < -0.4 is 15.8 Å². The molecule has 1 atom stereocenters. The smallest absolute Gasteiger partial charge is 0.278 e. The third kappa shape index (κ3) is 4.38. The molecule has 1 aromatic carbocycles. The molecule has 4 aromatic rings. The van der Waals surface area contributed by atoms with Gasteiger partial charge in [-0.2, -0.15) is 4.98 Å². The molecule has 222 valence electrons. The second-order valence-corrected chi connectivity index (χ2v) is 13.1. The summed E-state index contributed by atoms with van der Waals surface area (Å²) in [6.07, 6.45) is 7.18. The molecule has 3 fully saturated rings. The lowest BCUT2D eigenvalue weighted by Gasteiger charge is -2.54. The maximum absolute atomic E-state index is 13.4. The summed E-state index contributed by atoms with van der Waals surface area (Å²) in [6, 6.07) is 12.1. The first-order valence-corrected chi connectivity index (χ1v) is 15.3. The highest BCUT2D eigenvalue weighted by Crippen LogP contribution is 2.60. The lowest BCUT2D eigenvalue weighted by atomic mass is 9.72. The van der Waals surface area contributed by atoms with Crippen molar-refractivity contribution >= 4 is 28.4 Å². The number of benzene rings is 1. The molecule has 10 nitrogen and oxygen atoms in total. The van der Waals surface area contributed by atoms with Crippen molar-refractivity contribution in [3.63, 3.8) is 0 Å². The number of aryl methyl sites for hydroxylation is 1. The summed E-state index contributed by atoms with van der Waals surface area (Å²) in [5, 5.41) is 15.0. The maximum atomic E-state index is 13.4. The van der Waals surface area contributed by atoms with Gasteiger partial charge in [0, 0.05) is 41.5 Å². The maximum Gasteiger partial charge on any atom is 0.278 e. The number of hydrogen-bond acceptors (Lipinski definition) is 8. The Balaban J connectivity index is 1.09. The number of nitrogens with one attached hydrogen (secondary N) is 1. The number of anilines is 3. The highest BCUT2D eigenvalue weighted by Gasteiger charge is 2.52. The Morgan fingerprint density at radius 3 is 2.58 bits per heavy atom. The second kappa shape index (κ2) is 9.75. The minimum Gasteiger partial charge on any atom is -0.386 e. The number of fused-ring (bicyclic) bond motifs is 2. The molecule has 1 saturated carbocycles. The number of pyridine rings is 1. The van der Waals surface area contributed by atoms with Gasteiger partial charge in [0.25, 0.3) is 5.56 Å². The fraction of sp³-hybridized carbons (Fsp3) is 0.455. The van der Waals surface area contributed by atoms with Crippen molar-refractivity contribution in [3.8, 4) is 5.82 Å². The average molecular weight is 580 g/mol. The van der Waals surface area contributed by atoms with E-state index in [1.54, 1.807) is 10.8 Å². The summed E-state index contributed by atoms with van der Waals surface area (Å²) in [7, 11) is 2.21. The van der Waals surface area contributed by atoms with E-state index in [9.17, 15) is 9.90 Å². The number of rotatable bonds is 6. The quantitative estimate of drug-likeness (QED) is 0.328. The molecule has 43 heavy (non-hydrogen) atoms. The van der Waals surface area contributed by atoms with E-state index in [0.717, 1.165) is 50.0 Å². The van der Waals surface area contributed by atoms with E-state index in [1.165, 1.54) is 42.5 Å².